The second-order valence-electron chi connectivity index (χ2n) is 7.88. The van der Waals surface area contributed by atoms with E-state index in [1.807, 2.05) is 37.4 Å². The van der Waals surface area contributed by atoms with Gasteiger partial charge in [0.25, 0.3) is 0 Å². The van der Waals surface area contributed by atoms with E-state index in [2.05, 4.69) is 38.1 Å². The molecule has 0 saturated carbocycles. The van der Waals surface area contributed by atoms with Gasteiger partial charge in [0.2, 0.25) is 5.95 Å². The number of hydrogen-bond donors (Lipinski definition) is 1. The lowest BCUT2D eigenvalue weighted by molar-refractivity contribution is 0.0600. The maximum absolute atomic E-state index is 12.3. The van der Waals surface area contributed by atoms with Crippen molar-refractivity contribution in [2.75, 3.05) is 43.6 Å². The predicted octanol–water partition coefficient (Wildman–Crippen LogP) is 4.00. The summed E-state index contributed by atoms with van der Waals surface area (Å²) >= 11 is 0. The molecule has 0 bridgehead atoms. The van der Waals surface area contributed by atoms with Gasteiger partial charge in [-0.3, -0.25) is 0 Å². The van der Waals surface area contributed by atoms with E-state index in [0.29, 0.717) is 37.8 Å². The van der Waals surface area contributed by atoms with E-state index in [9.17, 15) is 4.79 Å². The van der Waals surface area contributed by atoms with Gasteiger partial charge in [-0.15, -0.1) is 0 Å². The molecule has 2 aromatic carbocycles. The molecule has 0 atom stereocenters. The van der Waals surface area contributed by atoms with E-state index < -0.39 is 0 Å². The molecule has 1 N–H and O–H groups in total. The van der Waals surface area contributed by atoms with Crippen molar-refractivity contribution >= 4 is 34.2 Å². The number of para-hydroxylation sites is 1. The average Bonchev–Trinajstić information content (AvgIpc) is 3.21. The summed E-state index contributed by atoms with van der Waals surface area (Å²) in [6, 6.07) is 15.7. The number of nitrogens with zero attached hydrogens (tertiary/aromatic N) is 4. The number of carbonyl (C=O) groups is 1. The molecule has 168 valence electrons. The van der Waals surface area contributed by atoms with Gasteiger partial charge in [-0.25, -0.2) is 14.8 Å². The largest absolute Gasteiger partial charge is 0.465 e. The van der Waals surface area contributed by atoms with Crippen molar-refractivity contribution in [2.45, 2.75) is 0 Å². The van der Waals surface area contributed by atoms with E-state index in [4.69, 9.17) is 14.5 Å². The average molecular weight is 444 g/mol. The molecule has 0 spiro atoms. The number of esters is 1. The number of morpholine rings is 1. The first-order valence-corrected chi connectivity index (χ1v) is 10.8. The Kier molecular flexibility index (Phi) is 5.66. The molecule has 1 aliphatic rings. The van der Waals surface area contributed by atoms with Gasteiger partial charge < -0.3 is 24.3 Å². The van der Waals surface area contributed by atoms with Gasteiger partial charge >= 0.3 is 5.97 Å². The maximum Gasteiger partial charge on any atom is 0.339 e. The fraction of sp³-hybridized carbons (Fsp3) is 0.240. The first-order valence-electron chi connectivity index (χ1n) is 10.8. The second kappa shape index (κ2) is 8.91. The monoisotopic (exact) mass is 443 g/mol. The number of rotatable bonds is 5. The van der Waals surface area contributed by atoms with Crippen LogP contribution in [0.2, 0.25) is 0 Å². The Hall–Kier alpha value is -3.91. The number of aryl methyl sites for hydroxylation is 1. The molecule has 1 aliphatic heterocycles. The lowest BCUT2D eigenvalue weighted by atomic mass is 10.1. The van der Waals surface area contributed by atoms with Crippen molar-refractivity contribution in [3.8, 4) is 11.3 Å². The van der Waals surface area contributed by atoms with E-state index in [-0.39, 0.29) is 5.97 Å². The summed E-state index contributed by atoms with van der Waals surface area (Å²) in [7, 11) is 3.42. The van der Waals surface area contributed by atoms with Crippen molar-refractivity contribution in [1.29, 1.82) is 0 Å². The van der Waals surface area contributed by atoms with Crippen LogP contribution in [0, 0.1) is 0 Å². The zero-order chi connectivity index (χ0) is 22.8. The number of ether oxygens (including phenoxy) is 2. The van der Waals surface area contributed by atoms with Crippen molar-refractivity contribution in [1.82, 2.24) is 14.5 Å². The van der Waals surface area contributed by atoms with Gasteiger partial charge in [-0.05, 0) is 30.3 Å². The molecule has 0 amide bonds. The molecule has 0 aliphatic carbocycles. The number of aromatic nitrogens is 3. The number of benzene rings is 2. The van der Waals surface area contributed by atoms with Gasteiger partial charge in [0.05, 0.1) is 37.3 Å². The Morgan fingerprint density at radius 1 is 1.12 bits per heavy atom. The van der Waals surface area contributed by atoms with Gasteiger partial charge in [-0.1, -0.05) is 18.2 Å². The van der Waals surface area contributed by atoms with Crippen LogP contribution in [0.3, 0.4) is 0 Å². The minimum atomic E-state index is -0.364. The lowest BCUT2D eigenvalue weighted by Gasteiger charge is -2.30. The van der Waals surface area contributed by atoms with Crippen molar-refractivity contribution < 1.29 is 14.3 Å². The van der Waals surface area contributed by atoms with Crippen LogP contribution in [0.15, 0.2) is 60.9 Å². The number of anilines is 3. The summed E-state index contributed by atoms with van der Waals surface area (Å²) < 4.78 is 12.5. The van der Waals surface area contributed by atoms with Crippen LogP contribution in [0.1, 0.15) is 10.4 Å². The van der Waals surface area contributed by atoms with E-state index >= 15 is 0 Å². The molecule has 1 saturated heterocycles. The molecule has 33 heavy (non-hydrogen) atoms. The van der Waals surface area contributed by atoms with Crippen LogP contribution in [0.5, 0.6) is 0 Å². The van der Waals surface area contributed by atoms with Crippen molar-refractivity contribution in [2.24, 2.45) is 7.05 Å². The number of carbonyl (C=O) groups excluding carboxylic acids is 1. The molecule has 3 heterocycles. The Balaban J connectivity index is 1.47. The Labute approximate surface area is 191 Å². The van der Waals surface area contributed by atoms with Gasteiger partial charge in [-0.2, -0.15) is 0 Å². The highest BCUT2D eigenvalue weighted by Crippen LogP contribution is 2.31. The summed E-state index contributed by atoms with van der Waals surface area (Å²) in [5.74, 6) is 0.122. The predicted molar refractivity (Wildman–Crippen MR) is 128 cm³/mol. The minimum absolute atomic E-state index is 0.364. The lowest BCUT2D eigenvalue weighted by Crippen LogP contribution is -2.37. The van der Waals surface area contributed by atoms with E-state index in [0.717, 1.165) is 33.5 Å². The van der Waals surface area contributed by atoms with Crippen LogP contribution >= 0.6 is 0 Å². The SMILES string of the molecule is COC(=O)c1ccc(Nc2nccc(-c3cn(C)c4ccccc34)n2)cc1N1CCOCC1. The Morgan fingerprint density at radius 2 is 1.94 bits per heavy atom. The third-order valence-corrected chi connectivity index (χ3v) is 5.84. The molecule has 8 nitrogen and oxygen atoms in total. The van der Waals surface area contributed by atoms with Crippen LogP contribution < -0.4 is 10.2 Å². The summed E-state index contributed by atoms with van der Waals surface area (Å²) in [5.41, 5.74) is 5.15. The summed E-state index contributed by atoms with van der Waals surface area (Å²) in [5, 5.41) is 4.43. The number of nitrogens with one attached hydrogen (secondary N) is 1. The summed E-state index contributed by atoms with van der Waals surface area (Å²) in [6.45, 7) is 2.66. The number of hydrogen-bond acceptors (Lipinski definition) is 7. The van der Waals surface area contributed by atoms with Gasteiger partial charge in [0.15, 0.2) is 0 Å². The molecule has 1 fully saturated rings. The molecule has 8 heteroatoms. The standard InChI is InChI=1S/C25H25N5O3/c1-29-16-20(18-5-3-4-6-22(18)29)21-9-10-26-25(28-21)27-17-7-8-19(24(31)32-2)23(15-17)30-11-13-33-14-12-30/h3-10,15-16H,11-14H2,1-2H3,(H,26,27,28). The van der Waals surface area contributed by atoms with Gasteiger partial charge in [0.1, 0.15) is 0 Å². The molecule has 2 aromatic heterocycles. The first-order chi connectivity index (χ1) is 16.1. The molecular weight excluding hydrogens is 418 g/mol. The smallest absolute Gasteiger partial charge is 0.339 e. The van der Waals surface area contributed by atoms with Crippen molar-refractivity contribution in [3.63, 3.8) is 0 Å². The third-order valence-electron chi connectivity index (χ3n) is 5.84. The van der Waals surface area contributed by atoms with Crippen LogP contribution in [-0.4, -0.2) is 53.9 Å². The quantitative estimate of drug-likeness (QED) is 0.467. The fourth-order valence-electron chi connectivity index (χ4n) is 4.20. The second-order valence-corrected chi connectivity index (χ2v) is 7.88. The molecule has 4 aromatic rings. The zero-order valence-corrected chi connectivity index (χ0v) is 18.6. The van der Waals surface area contributed by atoms with Gasteiger partial charge in [0, 0.05) is 54.7 Å². The zero-order valence-electron chi connectivity index (χ0n) is 18.6. The summed E-state index contributed by atoms with van der Waals surface area (Å²) in [4.78, 5) is 23.6. The van der Waals surface area contributed by atoms with Crippen LogP contribution in [-0.2, 0) is 16.5 Å². The van der Waals surface area contributed by atoms with Crippen molar-refractivity contribution in [3.05, 3.63) is 66.5 Å². The number of fused-ring (bicyclic) bond motifs is 1. The molecule has 0 radical (unpaired) electrons. The topological polar surface area (TPSA) is 81.5 Å². The highest BCUT2D eigenvalue weighted by molar-refractivity contribution is 5.97. The highest BCUT2D eigenvalue weighted by Gasteiger charge is 2.20. The Bertz CT molecular complexity index is 1310. The third kappa shape index (κ3) is 4.12. The normalized spacial score (nSPS) is 13.8. The number of methoxy groups -OCH3 is 1. The minimum Gasteiger partial charge on any atom is -0.465 e. The first kappa shape index (κ1) is 21.0. The fourth-order valence-corrected chi connectivity index (χ4v) is 4.20. The molecule has 0 unspecified atom stereocenters. The van der Waals surface area contributed by atoms with Crippen LogP contribution in [0.4, 0.5) is 17.3 Å². The van der Waals surface area contributed by atoms with E-state index in [1.165, 1.54) is 7.11 Å². The highest BCUT2D eigenvalue weighted by atomic mass is 16.5. The summed E-state index contributed by atoms with van der Waals surface area (Å²) in [6.07, 6.45) is 3.83. The van der Waals surface area contributed by atoms with E-state index in [1.54, 1.807) is 12.3 Å². The Morgan fingerprint density at radius 3 is 2.76 bits per heavy atom. The molecular formula is C25H25N5O3. The van der Waals surface area contributed by atoms with Crippen LogP contribution in [0.25, 0.3) is 22.2 Å². The maximum atomic E-state index is 12.3. The molecule has 5 rings (SSSR count).